The molecule has 8 heteroatoms. The molecule has 1 atom stereocenters. The number of ether oxygens (including phenoxy) is 2. The molecule has 1 aromatic heterocycles. The third-order valence-electron chi connectivity index (χ3n) is 4.04. The molecule has 0 amide bonds. The average molecular weight is 349 g/mol. The number of anilines is 1. The van der Waals surface area contributed by atoms with E-state index in [1.54, 1.807) is 18.2 Å². The first kappa shape index (κ1) is 17.1. The smallest absolute Gasteiger partial charge is 0.387 e. The first-order valence-electron chi connectivity index (χ1n) is 7.83. The highest BCUT2D eigenvalue weighted by molar-refractivity contribution is 5.86. The molecule has 0 saturated carbocycles. The Morgan fingerprint density at radius 1 is 1.28 bits per heavy atom. The lowest BCUT2D eigenvalue weighted by Crippen LogP contribution is -2.19. The topological polar surface area (TPSA) is 73.3 Å². The van der Waals surface area contributed by atoms with Crippen molar-refractivity contribution in [3.63, 3.8) is 0 Å². The fourth-order valence-corrected chi connectivity index (χ4v) is 2.92. The van der Waals surface area contributed by atoms with Gasteiger partial charge in [0, 0.05) is 0 Å². The van der Waals surface area contributed by atoms with Crippen molar-refractivity contribution < 1.29 is 23.0 Å². The van der Waals surface area contributed by atoms with E-state index in [1.165, 1.54) is 19.2 Å². The number of carbonyl (C=O) groups excluding carboxylic acids is 1. The van der Waals surface area contributed by atoms with Crippen molar-refractivity contribution in [2.45, 2.75) is 31.9 Å². The van der Waals surface area contributed by atoms with Gasteiger partial charge in [-0.25, -0.2) is 4.79 Å². The standard InChI is InChI=1S/C17H17F2N3O3/c1-24-16(23)14-7-8-15(22-21-14)20-13-4-2-3-10-9-11(25-17(18)19)5-6-12(10)13/h5-9,13,17H,2-4H2,1H3,(H,20,22)/t13-/m0/s1. The van der Waals surface area contributed by atoms with E-state index < -0.39 is 12.6 Å². The van der Waals surface area contributed by atoms with Gasteiger partial charge < -0.3 is 14.8 Å². The van der Waals surface area contributed by atoms with Crippen LogP contribution in [0.5, 0.6) is 5.75 Å². The maximum absolute atomic E-state index is 12.3. The number of halogens is 2. The normalized spacial score (nSPS) is 16.2. The van der Waals surface area contributed by atoms with Crippen LogP contribution >= 0.6 is 0 Å². The van der Waals surface area contributed by atoms with Gasteiger partial charge in [0.1, 0.15) is 11.6 Å². The van der Waals surface area contributed by atoms with Gasteiger partial charge in [0.25, 0.3) is 0 Å². The molecule has 2 aromatic rings. The highest BCUT2D eigenvalue weighted by Gasteiger charge is 2.22. The van der Waals surface area contributed by atoms with Crippen LogP contribution in [0.4, 0.5) is 14.6 Å². The van der Waals surface area contributed by atoms with Crippen LogP contribution in [-0.2, 0) is 11.2 Å². The van der Waals surface area contributed by atoms with Crippen LogP contribution in [0.3, 0.4) is 0 Å². The number of benzene rings is 1. The van der Waals surface area contributed by atoms with Crippen molar-refractivity contribution in [3.05, 3.63) is 47.2 Å². The summed E-state index contributed by atoms with van der Waals surface area (Å²) >= 11 is 0. The Labute approximate surface area is 143 Å². The second-order valence-corrected chi connectivity index (χ2v) is 5.62. The third kappa shape index (κ3) is 4.01. The molecular formula is C17H17F2N3O3. The number of methoxy groups -OCH3 is 1. The summed E-state index contributed by atoms with van der Waals surface area (Å²) < 4.78 is 33.7. The number of hydrogen-bond donors (Lipinski definition) is 1. The van der Waals surface area contributed by atoms with Gasteiger partial charge in [-0.15, -0.1) is 10.2 Å². The summed E-state index contributed by atoms with van der Waals surface area (Å²) in [6, 6.07) is 8.16. The van der Waals surface area contributed by atoms with Crippen molar-refractivity contribution in [1.82, 2.24) is 10.2 Å². The van der Waals surface area contributed by atoms with Crippen LogP contribution in [-0.4, -0.2) is 29.9 Å². The van der Waals surface area contributed by atoms with Gasteiger partial charge in [-0.1, -0.05) is 6.07 Å². The monoisotopic (exact) mass is 349 g/mol. The Kier molecular flexibility index (Phi) is 5.06. The highest BCUT2D eigenvalue weighted by atomic mass is 19.3. The molecule has 1 aliphatic rings. The second-order valence-electron chi connectivity index (χ2n) is 5.62. The Morgan fingerprint density at radius 3 is 2.80 bits per heavy atom. The van der Waals surface area contributed by atoms with Crippen LogP contribution < -0.4 is 10.1 Å². The summed E-state index contributed by atoms with van der Waals surface area (Å²) in [5, 5.41) is 11.1. The lowest BCUT2D eigenvalue weighted by Gasteiger charge is -2.27. The maximum atomic E-state index is 12.3. The minimum absolute atomic E-state index is 0.0115. The molecule has 3 rings (SSSR count). The SMILES string of the molecule is COC(=O)c1ccc(N[C@H]2CCCc3cc(OC(F)F)ccc32)nn1. The van der Waals surface area contributed by atoms with Crippen molar-refractivity contribution in [2.24, 2.45) is 0 Å². The molecular weight excluding hydrogens is 332 g/mol. The van der Waals surface area contributed by atoms with Gasteiger partial charge in [0.2, 0.25) is 0 Å². The van der Waals surface area contributed by atoms with Crippen molar-refractivity contribution in [2.75, 3.05) is 12.4 Å². The molecule has 0 radical (unpaired) electrons. The number of carbonyl (C=O) groups is 1. The van der Waals surface area contributed by atoms with Crippen molar-refractivity contribution in [3.8, 4) is 5.75 Å². The number of aromatic nitrogens is 2. The largest absolute Gasteiger partial charge is 0.464 e. The first-order chi connectivity index (χ1) is 12.1. The number of aryl methyl sites for hydroxylation is 1. The number of alkyl halides is 2. The molecule has 132 valence electrons. The van der Waals surface area contributed by atoms with E-state index in [0.29, 0.717) is 5.82 Å². The van der Waals surface area contributed by atoms with Gasteiger partial charge in [0.15, 0.2) is 5.69 Å². The lowest BCUT2D eigenvalue weighted by atomic mass is 9.87. The van der Waals surface area contributed by atoms with Crippen LogP contribution in [0.25, 0.3) is 0 Å². The van der Waals surface area contributed by atoms with E-state index in [0.717, 1.165) is 30.4 Å². The zero-order valence-corrected chi connectivity index (χ0v) is 13.5. The van der Waals surface area contributed by atoms with E-state index in [1.807, 2.05) is 0 Å². The van der Waals surface area contributed by atoms with Crippen LogP contribution in [0.1, 0.15) is 40.5 Å². The second kappa shape index (κ2) is 7.42. The number of hydrogen-bond acceptors (Lipinski definition) is 6. The lowest BCUT2D eigenvalue weighted by molar-refractivity contribution is -0.0499. The molecule has 6 nitrogen and oxygen atoms in total. The van der Waals surface area contributed by atoms with Gasteiger partial charge >= 0.3 is 12.6 Å². The molecule has 0 unspecified atom stereocenters. The highest BCUT2D eigenvalue weighted by Crippen LogP contribution is 2.34. The van der Waals surface area contributed by atoms with Crippen LogP contribution in [0.15, 0.2) is 30.3 Å². The fourth-order valence-electron chi connectivity index (χ4n) is 2.92. The molecule has 0 aliphatic heterocycles. The Balaban J connectivity index is 1.75. The zero-order valence-electron chi connectivity index (χ0n) is 13.5. The quantitative estimate of drug-likeness (QED) is 0.835. The van der Waals surface area contributed by atoms with Gasteiger partial charge in [-0.05, 0) is 54.7 Å². The summed E-state index contributed by atoms with van der Waals surface area (Å²) in [5.74, 6) is 0.142. The number of nitrogens with one attached hydrogen (secondary N) is 1. The molecule has 1 aromatic carbocycles. The van der Waals surface area contributed by atoms with Gasteiger partial charge in [-0.3, -0.25) is 0 Å². The number of fused-ring (bicyclic) bond motifs is 1. The summed E-state index contributed by atoms with van der Waals surface area (Å²) in [4.78, 5) is 11.4. The Hall–Kier alpha value is -2.77. The van der Waals surface area contributed by atoms with E-state index in [9.17, 15) is 13.6 Å². The number of rotatable bonds is 5. The zero-order chi connectivity index (χ0) is 17.8. The number of nitrogens with zero attached hydrogens (tertiary/aromatic N) is 2. The van der Waals surface area contributed by atoms with Crippen molar-refractivity contribution >= 4 is 11.8 Å². The predicted molar refractivity (Wildman–Crippen MR) is 85.7 cm³/mol. The molecule has 1 N–H and O–H groups in total. The summed E-state index contributed by atoms with van der Waals surface area (Å²) in [6.07, 6.45) is 2.60. The predicted octanol–water partition coefficient (Wildman–Crippen LogP) is 3.35. The molecule has 25 heavy (non-hydrogen) atoms. The Bertz CT molecular complexity index is 753. The molecule has 0 saturated heterocycles. The minimum Gasteiger partial charge on any atom is -0.464 e. The van der Waals surface area contributed by atoms with Crippen molar-refractivity contribution in [1.29, 1.82) is 0 Å². The van der Waals surface area contributed by atoms with Crippen LogP contribution in [0, 0.1) is 0 Å². The Morgan fingerprint density at radius 2 is 2.12 bits per heavy atom. The molecule has 1 aliphatic carbocycles. The average Bonchev–Trinajstić information content (AvgIpc) is 2.61. The maximum Gasteiger partial charge on any atom is 0.387 e. The van der Waals surface area contributed by atoms with E-state index >= 15 is 0 Å². The third-order valence-corrected chi connectivity index (χ3v) is 4.04. The van der Waals surface area contributed by atoms with Gasteiger partial charge in [0.05, 0.1) is 13.2 Å². The number of esters is 1. The fraction of sp³-hybridized carbons (Fsp3) is 0.353. The molecule has 0 bridgehead atoms. The summed E-state index contributed by atoms with van der Waals surface area (Å²) in [5.41, 5.74) is 2.12. The minimum atomic E-state index is -2.83. The van der Waals surface area contributed by atoms with E-state index in [4.69, 9.17) is 0 Å². The molecule has 1 heterocycles. The molecule has 0 fully saturated rings. The summed E-state index contributed by atoms with van der Waals surface area (Å²) in [7, 11) is 1.28. The summed E-state index contributed by atoms with van der Waals surface area (Å²) in [6.45, 7) is -2.83. The van der Waals surface area contributed by atoms with E-state index in [2.05, 4.69) is 25.0 Å². The van der Waals surface area contributed by atoms with Gasteiger partial charge in [-0.2, -0.15) is 8.78 Å². The molecule has 0 spiro atoms. The van der Waals surface area contributed by atoms with E-state index in [-0.39, 0.29) is 17.5 Å². The van der Waals surface area contributed by atoms with Crippen LogP contribution in [0.2, 0.25) is 0 Å². The first-order valence-corrected chi connectivity index (χ1v) is 7.83.